The Morgan fingerprint density at radius 2 is 1.89 bits per heavy atom. The van der Waals surface area contributed by atoms with Gasteiger partial charge in [-0.3, -0.25) is 0 Å². The maximum absolute atomic E-state index is 3.60. The second-order valence-corrected chi connectivity index (χ2v) is 6.28. The van der Waals surface area contributed by atoms with Crippen molar-refractivity contribution in [1.82, 2.24) is 15.1 Å². The van der Waals surface area contributed by atoms with Crippen molar-refractivity contribution in [3.63, 3.8) is 0 Å². The Morgan fingerprint density at radius 1 is 1.17 bits per heavy atom. The van der Waals surface area contributed by atoms with Crippen molar-refractivity contribution in [2.45, 2.75) is 63.6 Å². The van der Waals surface area contributed by atoms with E-state index in [1.54, 1.807) is 0 Å². The van der Waals surface area contributed by atoms with E-state index in [9.17, 15) is 0 Å². The van der Waals surface area contributed by atoms with Gasteiger partial charge in [-0.2, -0.15) is 0 Å². The molecule has 1 heterocycles. The summed E-state index contributed by atoms with van der Waals surface area (Å²) >= 11 is 0. The Morgan fingerprint density at radius 3 is 2.44 bits per heavy atom. The third kappa shape index (κ3) is 3.69. The zero-order chi connectivity index (χ0) is 13.0. The predicted octanol–water partition coefficient (Wildman–Crippen LogP) is 1.93. The van der Waals surface area contributed by atoms with Gasteiger partial charge in [0.15, 0.2) is 0 Å². The van der Waals surface area contributed by atoms with E-state index >= 15 is 0 Å². The fourth-order valence-corrected chi connectivity index (χ4v) is 3.70. The molecule has 2 rings (SSSR count). The number of hydrogen-bond donors (Lipinski definition) is 1. The van der Waals surface area contributed by atoms with Gasteiger partial charge in [0.05, 0.1) is 0 Å². The van der Waals surface area contributed by atoms with Crippen molar-refractivity contribution >= 4 is 0 Å². The first kappa shape index (κ1) is 14.3. The highest BCUT2D eigenvalue weighted by atomic mass is 15.2. The van der Waals surface area contributed by atoms with Crippen molar-refractivity contribution in [3.05, 3.63) is 0 Å². The molecule has 0 aromatic heterocycles. The topological polar surface area (TPSA) is 18.5 Å². The molecule has 1 saturated carbocycles. The Balaban J connectivity index is 1.71. The third-order valence-electron chi connectivity index (χ3n) is 4.98. The lowest BCUT2D eigenvalue weighted by Crippen LogP contribution is -2.45. The van der Waals surface area contributed by atoms with Crippen LogP contribution in [0.5, 0.6) is 0 Å². The minimum Gasteiger partial charge on any atom is -0.314 e. The quantitative estimate of drug-likeness (QED) is 0.808. The molecule has 1 aliphatic heterocycles. The first-order valence-corrected chi connectivity index (χ1v) is 7.84. The fourth-order valence-electron chi connectivity index (χ4n) is 3.70. The summed E-state index contributed by atoms with van der Waals surface area (Å²) in [4.78, 5) is 5.18. The summed E-state index contributed by atoms with van der Waals surface area (Å²) in [5, 5.41) is 3.60. The van der Waals surface area contributed by atoms with Gasteiger partial charge in [-0.1, -0.05) is 6.92 Å². The number of nitrogens with zero attached hydrogens (tertiary/aromatic N) is 2. The molecule has 0 spiro atoms. The molecule has 3 heteroatoms. The maximum atomic E-state index is 3.60. The van der Waals surface area contributed by atoms with Gasteiger partial charge in [-0.15, -0.1) is 0 Å². The van der Waals surface area contributed by atoms with Crippen molar-refractivity contribution in [2.24, 2.45) is 0 Å². The molecule has 0 aromatic carbocycles. The summed E-state index contributed by atoms with van der Waals surface area (Å²) in [5.74, 6) is 0. The van der Waals surface area contributed by atoms with Gasteiger partial charge in [-0.05, 0) is 65.7 Å². The molecule has 2 fully saturated rings. The molecular formula is C15H31N3. The summed E-state index contributed by atoms with van der Waals surface area (Å²) < 4.78 is 0. The molecule has 1 aliphatic carbocycles. The van der Waals surface area contributed by atoms with Gasteiger partial charge < -0.3 is 15.1 Å². The lowest BCUT2D eigenvalue weighted by molar-refractivity contribution is 0.138. The van der Waals surface area contributed by atoms with Gasteiger partial charge in [0, 0.05) is 24.7 Å². The van der Waals surface area contributed by atoms with Gasteiger partial charge in [0.25, 0.3) is 0 Å². The molecule has 18 heavy (non-hydrogen) atoms. The second kappa shape index (κ2) is 6.88. The van der Waals surface area contributed by atoms with Gasteiger partial charge in [-0.25, -0.2) is 0 Å². The van der Waals surface area contributed by atoms with Crippen molar-refractivity contribution in [2.75, 3.05) is 33.7 Å². The number of likely N-dealkylation sites (tertiary alicyclic amines) is 1. The second-order valence-electron chi connectivity index (χ2n) is 6.28. The molecule has 2 aliphatic rings. The molecule has 1 unspecified atom stereocenters. The van der Waals surface area contributed by atoms with Crippen LogP contribution in [-0.4, -0.2) is 61.7 Å². The molecule has 0 amide bonds. The Hall–Kier alpha value is -0.120. The number of rotatable bonds is 5. The van der Waals surface area contributed by atoms with E-state index in [1.165, 1.54) is 51.6 Å². The molecule has 1 atom stereocenters. The van der Waals surface area contributed by atoms with Crippen LogP contribution in [0.3, 0.4) is 0 Å². The van der Waals surface area contributed by atoms with E-state index in [1.807, 2.05) is 0 Å². The highest BCUT2D eigenvalue weighted by molar-refractivity contribution is 4.85. The van der Waals surface area contributed by atoms with Crippen LogP contribution >= 0.6 is 0 Å². The molecule has 0 bridgehead atoms. The smallest absolute Gasteiger partial charge is 0.0220 e. The molecule has 1 N–H and O–H groups in total. The minimum atomic E-state index is 0.786. The van der Waals surface area contributed by atoms with Crippen molar-refractivity contribution in [1.29, 1.82) is 0 Å². The van der Waals surface area contributed by atoms with Crippen LogP contribution in [0.4, 0.5) is 0 Å². The summed E-state index contributed by atoms with van der Waals surface area (Å²) in [6.07, 6.45) is 8.28. The zero-order valence-corrected chi connectivity index (χ0v) is 12.5. The lowest BCUT2D eigenvalue weighted by Gasteiger charge is -2.37. The van der Waals surface area contributed by atoms with E-state index in [0.29, 0.717) is 0 Å². The van der Waals surface area contributed by atoms with Gasteiger partial charge in [0.2, 0.25) is 0 Å². The van der Waals surface area contributed by atoms with E-state index in [4.69, 9.17) is 0 Å². The van der Waals surface area contributed by atoms with Crippen molar-refractivity contribution in [3.8, 4) is 0 Å². The zero-order valence-electron chi connectivity index (χ0n) is 12.5. The average Bonchev–Trinajstić information content (AvgIpc) is 2.76. The van der Waals surface area contributed by atoms with Crippen LogP contribution in [-0.2, 0) is 0 Å². The standard InChI is InChI=1S/C15H31N3/c1-4-16-13-7-9-14(10-8-13)18(3)12-15-6-5-11-17(15)2/h13-16H,4-12H2,1-3H3. The number of nitrogens with one attached hydrogen (secondary N) is 1. The normalized spacial score (nSPS) is 34.3. The first-order valence-electron chi connectivity index (χ1n) is 7.84. The fraction of sp³-hybridized carbons (Fsp3) is 1.00. The third-order valence-corrected chi connectivity index (χ3v) is 4.98. The van der Waals surface area contributed by atoms with E-state index in [0.717, 1.165) is 24.7 Å². The summed E-state index contributed by atoms with van der Waals surface area (Å²) in [7, 11) is 4.62. The largest absolute Gasteiger partial charge is 0.314 e. The average molecular weight is 253 g/mol. The van der Waals surface area contributed by atoms with Crippen LogP contribution in [0.25, 0.3) is 0 Å². The summed E-state index contributed by atoms with van der Waals surface area (Å²) in [6.45, 7) is 5.91. The van der Waals surface area contributed by atoms with Crippen molar-refractivity contribution < 1.29 is 0 Å². The van der Waals surface area contributed by atoms with Crippen LogP contribution in [0, 0.1) is 0 Å². The molecule has 3 nitrogen and oxygen atoms in total. The highest BCUT2D eigenvalue weighted by Crippen LogP contribution is 2.24. The van der Waals surface area contributed by atoms with Crippen LogP contribution < -0.4 is 5.32 Å². The molecule has 0 aromatic rings. The van der Waals surface area contributed by atoms with E-state index in [-0.39, 0.29) is 0 Å². The summed E-state index contributed by atoms with van der Waals surface area (Å²) in [6, 6.07) is 2.42. The highest BCUT2D eigenvalue weighted by Gasteiger charge is 2.27. The molecule has 106 valence electrons. The first-order chi connectivity index (χ1) is 8.70. The van der Waals surface area contributed by atoms with Crippen LogP contribution in [0.1, 0.15) is 45.4 Å². The van der Waals surface area contributed by atoms with E-state index in [2.05, 4.69) is 36.1 Å². The molecule has 1 saturated heterocycles. The number of hydrogen-bond acceptors (Lipinski definition) is 3. The monoisotopic (exact) mass is 253 g/mol. The Labute approximate surface area is 113 Å². The Bertz CT molecular complexity index is 236. The Kier molecular flexibility index (Phi) is 5.46. The van der Waals surface area contributed by atoms with Crippen LogP contribution in [0.2, 0.25) is 0 Å². The predicted molar refractivity (Wildman–Crippen MR) is 78.0 cm³/mol. The SMILES string of the molecule is CCNC1CCC(N(C)CC2CCCN2C)CC1. The minimum absolute atomic E-state index is 0.786. The summed E-state index contributed by atoms with van der Waals surface area (Å²) in [5.41, 5.74) is 0. The number of likely N-dealkylation sites (N-methyl/N-ethyl adjacent to an activating group) is 2. The molecular weight excluding hydrogens is 222 g/mol. The lowest BCUT2D eigenvalue weighted by atomic mass is 9.90. The van der Waals surface area contributed by atoms with Gasteiger partial charge >= 0.3 is 0 Å². The van der Waals surface area contributed by atoms with E-state index < -0.39 is 0 Å². The molecule has 0 radical (unpaired) electrons. The maximum Gasteiger partial charge on any atom is 0.0220 e. The van der Waals surface area contributed by atoms with Crippen LogP contribution in [0.15, 0.2) is 0 Å². The van der Waals surface area contributed by atoms with Gasteiger partial charge in [0.1, 0.15) is 0 Å².